The number of carbonyl (C=O) groups excluding carboxylic acids is 2. The van der Waals surface area contributed by atoms with E-state index in [-0.39, 0.29) is 11.9 Å². The molecule has 142 valence electrons. The van der Waals surface area contributed by atoms with Crippen LogP contribution in [0.4, 0.5) is 0 Å². The van der Waals surface area contributed by atoms with Gasteiger partial charge in [-0.1, -0.05) is 12.1 Å². The first-order valence-electron chi connectivity index (χ1n) is 9.49. The van der Waals surface area contributed by atoms with Crippen molar-refractivity contribution in [3.63, 3.8) is 0 Å². The molecule has 0 radical (unpaired) electrons. The van der Waals surface area contributed by atoms with Crippen LogP contribution in [0.5, 0.6) is 0 Å². The minimum Gasteiger partial charge on any atom is -0.469 e. The molecule has 2 aromatic rings. The van der Waals surface area contributed by atoms with Crippen LogP contribution >= 0.6 is 0 Å². The first kappa shape index (κ1) is 19.1. The van der Waals surface area contributed by atoms with Gasteiger partial charge in [-0.15, -0.1) is 0 Å². The highest BCUT2D eigenvalue weighted by atomic mass is 16.5. The van der Waals surface area contributed by atoms with Crippen molar-refractivity contribution in [2.75, 3.05) is 20.2 Å². The SMILES string of the molecule is COC(=O)CC1CCN(C(=O)c2ccc(CCc3ccncc3)cc2)CC1. The lowest BCUT2D eigenvalue weighted by Crippen LogP contribution is -2.39. The summed E-state index contributed by atoms with van der Waals surface area (Å²) in [6.45, 7) is 1.40. The fourth-order valence-corrected chi connectivity index (χ4v) is 3.49. The van der Waals surface area contributed by atoms with E-state index in [1.165, 1.54) is 18.2 Å². The Balaban J connectivity index is 1.50. The molecule has 2 heterocycles. The second-order valence-electron chi connectivity index (χ2n) is 7.07. The third-order valence-electron chi connectivity index (χ3n) is 5.24. The molecule has 0 aliphatic carbocycles. The molecule has 0 bridgehead atoms. The summed E-state index contributed by atoms with van der Waals surface area (Å²) < 4.78 is 4.73. The second-order valence-corrected chi connectivity index (χ2v) is 7.07. The number of aromatic nitrogens is 1. The molecule has 3 rings (SSSR count). The highest BCUT2D eigenvalue weighted by molar-refractivity contribution is 5.94. The Morgan fingerprint density at radius 2 is 1.59 bits per heavy atom. The number of benzene rings is 1. The van der Waals surface area contributed by atoms with Crippen molar-refractivity contribution < 1.29 is 14.3 Å². The van der Waals surface area contributed by atoms with E-state index in [1.54, 1.807) is 0 Å². The maximum Gasteiger partial charge on any atom is 0.305 e. The molecule has 0 N–H and O–H groups in total. The molecule has 0 spiro atoms. The average molecular weight is 366 g/mol. The minimum atomic E-state index is -0.165. The average Bonchev–Trinajstić information content (AvgIpc) is 2.73. The van der Waals surface area contributed by atoms with Crippen LogP contribution in [0, 0.1) is 5.92 Å². The van der Waals surface area contributed by atoms with Gasteiger partial charge in [-0.2, -0.15) is 0 Å². The summed E-state index contributed by atoms with van der Waals surface area (Å²) in [5.74, 6) is 0.228. The third-order valence-corrected chi connectivity index (χ3v) is 5.24. The molecule has 1 fully saturated rings. The van der Waals surface area contributed by atoms with Gasteiger partial charge in [0, 0.05) is 37.5 Å². The summed E-state index contributed by atoms with van der Waals surface area (Å²) in [7, 11) is 1.42. The molecule has 0 saturated carbocycles. The van der Waals surface area contributed by atoms with Gasteiger partial charge >= 0.3 is 5.97 Å². The van der Waals surface area contributed by atoms with E-state index >= 15 is 0 Å². The normalized spacial score (nSPS) is 14.8. The molecule has 0 unspecified atom stereocenters. The molecule has 5 heteroatoms. The Labute approximate surface area is 160 Å². The Kier molecular flexibility index (Phi) is 6.58. The molecule has 1 aliphatic rings. The van der Waals surface area contributed by atoms with Gasteiger partial charge in [0.25, 0.3) is 5.91 Å². The Morgan fingerprint density at radius 3 is 2.19 bits per heavy atom. The molecular formula is C22H26N2O3. The zero-order valence-corrected chi connectivity index (χ0v) is 15.8. The second kappa shape index (κ2) is 9.31. The number of aryl methyl sites for hydroxylation is 2. The fourth-order valence-electron chi connectivity index (χ4n) is 3.49. The van der Waals surface area contributed by atoms with Gasteiger partial charge in [-0.05, 0) is 67.0 Å². The van der Waals surface area contributed by atoms with Crippen molar-refractivity contribution in [1.29, 1.82) is 0 Å². The van der Waals surface area contributed by atoms with Gasteiger partial charge in [0.1, 0.15) is 0 Å². The number of methoxy groups -OCH3 is 1. The van der Waals surface area contributed by atoms with Crippen LogP contribution in [0.3, 0.4) is 0 Å². The summed E-state index contributed by atoms with van der Waals surface area (Å²) in [5.41, 5.74) is 3.22. The molecule has 0 atom stereocenters. The summed E-state index contributed by atoms with van der Waals surface area (Å²) in [6.07, 6.45) is 7.68. The number of piperidine rings is 1. The van der Waals surface area contributed by atoms with Gasteiger partial charge in [0.05, 0.1) is 7.11 Å². The third kappa shape index (κ3) is 5.39. The first-order chi connectivity index (χ1) is 13.2. The van der Waals surface area contributed by atoms with Gasteiger partial charge in [0.2, 0.25) is 0 Å². The molecule has 1 aromatic heterocycles. The van der Waals surface area contributed by atoms with Crippen LogP contribution in [-0.2, 0) is 22.4 Å². The lowest BCUT2D eigenvalue weighted by Gasteiger charge is -2.31. The molecular weight excluding hydrogens is 340 g/mol. The number of likely N-dealkylation sites (tertiary alicyclic amines) is 1. The summed E-state index contributed by atoms with van der Waals surface area (Å²) >= 11 is 0. The van der Waals surface area contributed by atoms with Crippen molar-refractivity contribution in [1.82, 2.24) is 9.88 Å². The number of amides is 1. The molecule has 1 saturated heterocycles. The molecule has 27 heavy (non-hydrogen) atoms. The van der Waals surface area contributed by atoms with E-state index in [0.29, 0.717) is 25.4 Å². The van der Waals surface area contributed by atoms with Crippen molar-refractivity contribution >= 4 is 11.9 Å². The van der Waals surface area contributed by atoms with Gasteiger partial charge in [-0.3, -0.25) is 14.6 Å². The molecule has 1 aromatic carbocycles. The maximum absolute atomic E-state index is 12.7. The van der Waals surface area contributed by atoms with E-state index in [1.807, 2.05) is 53.7 Å². The minimum absolute atomic E-state index is 0.0761. The van der Waals surface area contributed by atoms with E-state index in [4.69, 9.17) is 4.74 Å². The predicted octanol–water partition coefficient (Wildman–Crippen LogP) is 3.28. The monoisotopic (exact) mass is 366 g/mol. The first-order valence-corrected chi connectivity index (χ1v) is 9.49. The molecule has 1 amide bonds. The van der Waals surface area contributed by atoms with E-state index in [9.17, 15) is 9.59 Å². The van der Waals surface area contributed by atoms with Crippen LogP contribution in [0.2, 0.25) is 0 Å². The number of carbonyl (C=O) groups is 2. The summed E-state index contributed by atoms with van der Waals surface area (Å²) in [4.78, 5) is 30.0. The van der Waals surface area contributed by atoms with Crippen molar-refractivity contribution in [3.8, 4) is 0 Å². The van der Waals surface area contributed by atoms with E-state index < -0.39 is 0 Å². The quantitative estimate of drug-likeness (QED) is 0.736. The van der Waals surface area contributed by atoms with Gasteiger partial charge in [0.15, 0.2) is 0 Å². The number of rotatable bonds is 6. The standard InChI is InChI=1S/C22H26N2O3/c1-27-21(25)16-19-10-14-24(15-11-19)22(26)20-6-4-17(5-7-20)2-3-18-8-12-23-13-9-18/h4-9,12-13,19H,2-3,10-11,14-16H2,1H3. The summed E-state index contributed by atoms with van der Waals surface area (Å²) in [5, 5.41) is 0. The number of pyridine rings is 1. The topological polar surface area (TPSA) is 59.5 Å². The summed E-state index contributed by atoms with van der Waals surface area (Å²) in [6, 6.07) is 12.0. The van der Waals surface area contributed by atoms with Gasteiger partial charge in [-0.25, -0.2) is 0 Å². The number of ether oxygens (including phenoxy) is 1. The maximum atomic E-state index is 12.7. The van der Waals surface area contributed by atoms with Crippen LogP contribution in [-0.4, -0.2) is 42.0 Å². The Hall–Kier alpha value is -2.69. The number of hydrogen-bond acceptors (Lipinski definition) is 4. The lowest BCUT2D eigenvalue weighted by molar-refractivity contribution is -0.142. The van der Waals surface area contributed by atoms with Gasteiger partial charge < -0.3 is 9.64 Å². The van der Waals surface area contributed by atoms with Crippen LogP contribution in [0.25, 0.3) is 0 Å². The van der Waals surface area contributed by atoms with E-state index in [0.717, 1.165) is 31.2 Å². The zero-order valence-electron chi connectivity index (χ0n) is 15.8. The van der Waals surface area contributed by atoms with Crippen LogP contribution < -0.4 is 0 Å². The van der Waals surface area contributed by atoms with Crippen LogP contribution in [0.1, 0.15) is 40.7 Å². The predicted molar refractivity (Wildman–Crippen MR) is 103 cm³/mol. The fraction of sp³-hybridized carbons (Fsp3) is 0.409. The zero-order chi connectivity index (χ0) is 19.1. The molecule has 5 nitrogen and oxygen atoms in total. The highest BCUT2D eigenvalue weighted by Gasteiger charge is 2.25. The highest BCUT2D eigenvalue weighted by Crippen LogP contribution is 2.22. The largest absolute Gasteiger partial charge is 0.469 e. The number of esters is 1. The number of nitrogens with zero attached hydrogens (tertiary/aromatic N) is 2. The van der Waals surface area contributed by atoms with E-state index in [2.05, 4.69) is 4.98 Å². The van der Waals surface area contributed by atoms with Crippen LogP contribution in [0.15, 0.2) is 48.8 Å². The smallest absolute Gasteiger partial charge is 0.305 e. The lowest BCUT2D eigenvalue weighted by atomic mass is 9.93. The number of hydrogen-bond donors (Lipinski definition) is 0. The Morgan fingerprint density at radius 1 is 1.00 bits per heavy atom. The van der Waals surface area contributed by atoms with Crippen molar-refractivity contribution in [2.45, 2.75) is 32.1 Å². The molecule has 1 aliphatic heterocycles. The van der Waals surface area contributed by atoms with Crippen molar-refractivity contribution in [3.05, 3.63) is 65.5 Å². The Bertz CT molecular complexity index is 751. The van der Waals surface area contributed by atoms with Crippen molar-refractivity contribution in [2.24, 2.45) is 5.92 Å².